The molecular formula is C27H35NO3S. The third-order valence-corrected chi connectivity index (χ3v) is 10.3. The first kappa shape index (κ1) is 22.0. The summed E-state index contributed by atoms with van der Waals surface area (Å²) in [7, 11) is -3.52. The van der Waals surface area contributed by atoms with Gasteiger partial charge in [-0.25, -0.2) is 13.1 Å². The number of nitrogens with one attached hydrogen (secondary N) is 1. The highest BCUT2D eigenvalue weighted by molar-refractivity contribution is 7.89. The lowest BCUT2D eigenvalue weighted by molar-refractivity contribution is 0.0462. The quantitative estimate of drug-likeness (QED) is 0.624. The standard InChI is InChI=1S/C27H35NO3S/c1-3-4-18-5-9-21(10-6-18)32(30,31)28-26-14-13-25-24-11-7-19-17-20(29)8-12-22(19)23(24)15-16-27(25,26)2/h5-6,8-10,12,17,23-26,28-29H,3-4,7,11,13-16H2,1-2H3/t23-,24-,25+,26+,27+/m1/s1. The average molecular weight is 454 g/mol. The number of phenols is 1. The van der Waals surface area contributed by atoms with Gasteiger partial charge in [0, 0.05) is 6.04 Å². The number of benzene rings is 2. The van der Waals surface area contributed by atoms with Crippen LogP contribution in [0.3, 0.4) is 0 Å². The molecule has 2 aromatic carbocycles. The van der Waals surface area contributed by atoms with Gasteiger partial charge in [0.25, 0.3) is 0 Å². The first-order valence-corrected chi connectivity index (χ1v) is 13.7. The van der Waals surface area contributed by atoms with Crippen LogP contribution in [0.5, 0.6) is 5.75 Å². The molecule has 4 nitrogen and oxygen atoms in total. The normalized spacial score (nSPS) is 31.6. The topological polar surface area (TPSA) is 66.4 Å². The van der Waals surface area contributed by atoms with Crippen LogP contribution in [-0.2, 0) is 22.9 Å². The number of phenolic OH excluding ortho intramolecular Hbond substituents is 1. The Kier molecular flexibility index (Phi) is 5.61. The molecule has 2 saturated carbocycles. The minimum Gasteiger partial charge on any atom is -0.508 e. The Balaban J connectivity index is 1.35. The summed E-state index contributed by atoms with van der Waals surface area (Å²) in [6, 6.07) is 13.3. The van der Waals surface area contributed by atoms with Crippen molar-refractivity contribution in [2.45, 2.75) is 82.1 Å². The van der Waals surface area contributed by atoms with Crippen LogP contribution in [0.4, 0.5) is 0 Å². The van der Waals surface area contributed by atoms with Crippen molar-refractivity contribution in [1.29, 1.82) is 0 Å². The van der Waals surface area contributed by atoms with Crippen molar-refractivity contribution in [1.82, 2.24) is 4.72 Å². The van der Waals surface area contributed by atoms with E-state index in [9.17, 15) is 13.5 Å². The SMILES string of the molecule is CCCc1ccc(S(=O)(=O)N[C@H]2CC[C@H]3[C@@H]4CCc5cc(O)ccc5[C@H]4CC[C@]23C)cc1. The molecule has 3 aliphatic carbocycles. The maximum atomic E-state index is 13.2. The Hall–Kier alpha value is -1.85. The van der Waals surface area contributed by atoms with Gasteiger partial charge in [0.15, 0.2) is 0 Å². The Morgan fingerprint density at radius 3 is 2.59 bits per heavy atom. The zero-order valence-corrected chi connectivity index (χ0v) is 20.0. The van der Waals surface area contributed by atoms with Gasteiger partial charge in [-0.05, 0) is 109 Å². The van der Waals surface area contributed by atoms with E-state index in [0.29, 0.717) is 28.4 Å². The van der Waals surface area contributed by atoms with Crippen LogP contribution in [0.1, 0.15) is 75.0 Å². The number of aryl methyl sites for hydroxylation is 2. The van der Waals surface area contributed by atoms with Crippen LogP contribution in [0.2, 0.25) is 0 Å². The fourth-order valence-corrected chi connectivity index (χ4v) is 8.53. The van der Waals surface area contributed by atoms with E-state index < -0.39 is 10.0 Å². The maximum absolute atomic E-state index is 13.2. The summed E-state index contributed by atoms with van der Waals surface area (Å²) in [5, 5.41) is 9.89. The van der Waals surface area contributed by atoms with Crippen molar-refractivity contribution in [3.8, 4) is 5.75 Å². The summed E-state index contributed by atoms with van der Waals surface area (Å²) >= 11 is 0. The summed E-state index contributed by atoms with van der Waals surface area (Å²) in [6.45, 7) is 4.46. The molecule has 2 fully saturated rings. The van der Waals surface area contributed by atoms with E-state index in [1.807, 2.05) is 24.3 Å². The molecule has 0 saturated heterocycles. The molecule has 0 spiro atoms. The average Bonchev–Trinajstić information content (AvgIpc) is 3.09. The predicted octanol–water partition coefficient (Wildman–Crippen LogP) is 5.55. The van der Waals surface area contributed by atoms with Gasteiger partial charge in [-0.2, -0.15) is 0 Å². The Bertz CT molecular complexity index is 1090. The summed E-state index contributed by atoms with van der Waals surface area (Å²) < 4.78 is 29.6. The van der Waals surface area contributed by atoms with Gasteiger partial charge in [-0.1, -0.05) is 38.5 Å². The molecule has 2 N–H and O–H groups in total. The highest BCUT2D eigenvalue weighted by Crippen LogP contribution is 2.61. The van der Waals surface area contributed by atoms with Gasteiger partial charge in [0.2, 0.25) is 10.0 Å². The van der Waals surface area contributed by atoms with Crippen LogP contribution in [0.25, 0.3) is 0 Å². The highest BCUT2D eigenvalue weighted by Gasteiger charge is 2.55. The number of aromatic hydroxyl groups is 1. The molecule has 5 heteroatoms. The molecule has 0 bridgehead atoms. The highest BCUT2D eigenvalue weighted by atomic mass is 32.2. The summed E-state index contributed by atoms with van der Waals surface area (Å²) in [4.78, 5) is 0.379. The molecule has 0 aliphatic heterocycles. The van der Waals surface area contributed by atoms with Gasteiger partial charge in [0.1, 0.15) is 5.75 Å². The molecule has 0 heterocycles. The zero-order chi connectivity index (χ0) is 22.5. The summed E-state index contributed by atoms with van der Waals surface area (Å²) in [6.07, 6.45) is 8.33. The molecule has 5 atom stereocenters. The van der Waals surface area contributed by atoms with E-state index in [1.54, 1.807) is 12.1 Å². The van der Waals surface area contributed by atoms with Crippen LogP contribution in [0.15, 0.2) is 47.4 Å². The number of hydrogen-bond donors (Lipinski definition) is 2. The van der Waals surface area contributed by atoms with Gasteiger partial charge in [-0.15, -0.1) is 0 Å². The number of fused-ring (bicyclic) bond motifs is 5. The predicted molar refractivity (Wildman–Crippen MR) is 127 cm³/mol. The van der Waals surface area contributed by atoms with Crippen molar-refractivity contribution in [2.24, 2.45) is 17.3 Å². The van der Waals surface area contributed by atoms with Crippen LogP contribution < -0.4 is 4.72 Å². The summed E-state index contributed by atoms with van der Waals surface area (Å²) in [5.74, 6) is 2.05. The molecule has 2 aromatic rings. The Labute approximate surface area is 192 Å². The molecule has 3 aliphatic rings. The summed E-state index contributed by atoms with van der Waals surface area (Å²) in [5.41, 5.74) is 3.91. The number of hydrogen-bond acceptors (Lipinski definition) is 3. The minimum absolute atomic E-state index is 0.00465. The largest absolute Gasteiger partial charge is 0.508 e. The van der Waals surface area contributed by atoms with Crippen LogP contribution in [-0.4, -0.2) is 19.6 Å². The van der Waals surface area contributed by atoms with Gasteiger partial charge >= 0.3 is 0 Å². The molecule has 0 unspecified atom stereocenters. The Morgan fingerprint density at radius 1 is 1.06 bits per heavy atom. The minimum atomic E-state index is -3.52. The second-order valence-electron chi connectivity index (χ2n) is 10.5. The third kappa shape index (κ3) is 3.67. The van der Waals surface area contributed by atoms with Crippen LogP contribution in [0, 0.1) is 17.3 Å². The van der Waals surface area contributed by atoms with E-state index in [2.05, 4.69) is 24.6 Å². The monoisotopic (exact) mass is 453 g/mol. The third-order valence-electron chi connectivity index (χ3n) is 8.78. The second-order valence-corrected chi connectivity index (χ2v) is 12.2. The second kappa shape index (κ2) is 8.18. The molecule has 32 heavy (non-hydrogen) atoms. The van der Waals surface area contributed by atoms with E-state index >= 15 is 0 Å². The lowest BCUT2D eigenvalue weighted by Crippen LogP contribution is -2.50. The number of sulfonamides is 1. The van der Waals surface area contributed by atoms with E-state index in [4.69, 9.17) is 0 Å². The molecular weight excluding hydrogens is 418 g/mol. The van der Waals surface area contributed by atoms with Gasteiger partial charge in [0.05, 0.1) is 4.90 Å². The lowest BCUT2D eigenvalue weighted by Gasteiger charge is -2.51. The van der Waals surface area contributed by atoms with E-state index in [1.165, 1.54) is 16.7 Å². The van der Waals surface area contributed by atoms with Crippen molar-refractivity contribution in [3.63, 3.8) is 0 Å². The molecule has 0 radical (unpaired) electrons. The maximum Gasteiger partial charge on any atom is 0.240 e. The van der Waals surface area contributed by atoms with E-state index in [0.717, 1.165) is 51.4 Å². The molecule has 0 amide bonds. The number of rotatable bonds is 5. The molecule has 172 valence electrons. The van der Waals surface area contributed by atoms with Crippen molar-refractivity contribution in [3.05, 3.63) is 59.2 Å². The smallest absolute Gasteiger partial charge is 0.240 e. The van der Waals surface area contributed by atoms with Gasteiger partial charge < -0.3 is 5.11 Å². The Morgan fingerprint density at radius 2 is 1.84 bits per heavy atom. The molecule has 0 aromatic heterocycles. The molecule has 5 rings (SSSR count). The first-order chi connectivity index (χ1) is 15.3. The van der Waals surface area contributed by atoms with Crippen molar-refractivity contribution in [2.75, 3.05) is 0 Å². The van der Waals surface area contributed by atoms with E-state index in [-0.39, 0.29) is 11.5 Å². The zero-order valence-electron chi connectivity index (χ0n) is 19.2. The van der Waals surface area contributed by atoms with Crippen LogP contribution >= 0.6 is 0 Å². The fourth-order valence-electron chi connectivity index (χ4n) is 7.14. The van der Waals surface area contributed by atoms with Crippen molar-refractivity contribution < 1.29 is 13.5 Å². The first-order valence-electron chi connectivity index (χ1n) is 12.2. The van der Waals surface area contributed by atoms with Crippen molar-refractivity contribution >= 4 is 10.0 Å². The lowest BCUT2D eigenvalue weighted by atomic mass is 9.55. The van der Waals surface area contributed by atoms with Gasteiger partial charge in [-0.3, -0.25) is 0 Å². The fraction of sp³-hybridized carbons (Fsp3) is 0.556.